The number of rotatable bonds is 7. The molecule has 0 aliphatic carbocycles. The lowest BCUT2D eigenvalue weighted by Gasteiger charge is -2.32. The number of amides is 1. The summed E-state index contributed by atoms with van der Waals surface area (Å²) in [7, 11) is 0. The van der Waals surface area contributed by atoms with E-state index < -0.39 is 0 Å². The summed E-state index contributed by atoms with van der Waals surface area (Å²) >= 11 is 0. The van der Waals surface area contributed by atoms with Crippen molar-refractivity contribution < 1.29 is 14.7 Å². The fourth-order valence-corrected chi connectivity index (χ4v) is 3.76. The van der Waals surface area contributed by atoms with Crippen molar-refractivity contribution in [1.82, 2.24) is 10.2 Å². The number of hydrogen-bond acceptors (Lipinski definition) is 4. The maximum Gasteiger partial charge on any atom is 0.251 e. The molecule has 1 unspecified atom stereocenters. The first-order valence-corrected chi connectivity index (χ1v) is 9.89. The van der Waals surface area contributed by atoms with Crippen molar-refractivity contribution in [2.75, 3.05) is 32.8 Å². The zero-order chi connectivity index (χ0) is 19.9. The summed E-state index contributed by atoms with van der Waals surface area (Å²) in [4.78, 5) is 26.5. The Morgan fingerprint density at radius 1 is 1.11 bits per heavy atom. The van der Waals surface area contributed by atoms with Crippen molar-refractivity contribution in [2.45, 2.75) is 19.8 Å². The lowest BCUT2D eigenvalue weighted by molar-refractivity contribution is 0.0924. The number of carbonyl (C=O) groups excluding carboxylic acids is 2. The van der Waals surface area contributed by atoms with Crippen molar-refractivity contribution in [3.8, 4) is 11.1 Å². The number of likely N-dealkylation sites (tertiary alicyclic amines) is 1. The van der Waals surface area contributed by atoms with Crippen LogP contribution in [0.3, 0.4) is 0 Å². The maximum absolute atomic E-state index is 12.6. The van der Waals surface area contributed by atoms with Gasteiger partial charge < -0.3 is 15.3 Å². The second-order valence-electron chi connectivity index (χ2n) is 7.46. The molecule has 5 nitrogen and oxygen atoms in total. The Morgan fingerprint density at radius 3 is 2.46 bits per heavy atom. The fraction of sp³-hybridized carbons (Fsp3) is 0.391. The minimum absolute atomic E-state index is 0.0264. The van der Waals surface area contributed by atoms with Crippen LogP contribution in [0.5, 0.6) is 0 Å². The fourth-order valence-electron chi connectivity index (χ4n) is 3.76. The van der Waals surface area contributed by atoms with E-state index in [-0.39, 0.29) is 18.3 Å². The summed E-state index contributed by atoms with van der Waals surface area (Å²) < 4.78 is 0. The Balaban J connectivity index is 1.64. The quantitative estimate of drug-likeness (QED) is 0.725. The normalized spacial score (nSPS) is 17.3. The number of piperidine rings is 1. The summed E-state index contributed by atoms with van der Waals surface area (Å²) in [5.74, 6) is 0.363. The molecule has 1 atom stereocenters. The zero-order valence-electron chi connectivity index (χ0n) is 16.4. The Morgan fingerprint density at radius 2 is 1.79 bits per heavy atom. The van der Waals surface area contributed by atoms with E-state index in [9.17, 15) is 9.59 Å². The van der Waals surface area contributed by atoms with Gasteiger partial charge in [-0.05, 0) is 61.6 Å². The topological polar surface area (TPSA) is 69.6 Å². The van der Waals surface area contributed by atoms with Gasteiger partial charge in [0.15, 0.2) is 5.78 Å². The molecule has 1 amide bonds. The standard InChI is InChI=1S/C23H28N2O3/c1-17(27)19-6-2-7-20(13-19)21-8-3-9-22(14-21)23(28)24-15-18-5-4-10-25(16-18)11-12-26/h2-3,6-9,13-14,18,26H,4-5,10-12,15-16H2,1H3,(H,24,28). The van der Waals surface area contributed by atoms with E-state index in [1.165, 1.54) is 0 Å². The van der Waals surface area contributed by atoms with E-state index in [1.54, 1.807) is 13.0 Å². The lowest BCUT2D eigenvalue weighted by atomic mass is 9.97. The molecule has 2 aromatic rings. The maximum atomic E-state index is 12.6. The number of carbonyl (C=O) groups is 2. The Labute approximate surface area is 166 Å². The van der Waals surface area contributed by atoms with Crippen molar-refractivity contribution >= 4 is 11.7 Å². The SMILES string of the molecule is CC(=O)c1cccc(-c2cccc(C(=O)NCC3CCCN(CCO)C3)c2)c1. The van der Waals surface area contributed by atoms with Gasteiger partial charge in [0, 0.05) is 30.8 Å². The highest BCUT2D eigenvalue weighted by atomic mass is 16.3. The number of benzene rings is 2. The van der Waals surface area contributed by atoms with Gasteiger partial charge >= 0.3 is 0 Å². The van der Waals surface area contributed by atoms with Crippen LogP contribution in [0, 0.1) is 5.92 Å². The molecule has 0 bridgehead atoms. The first-order chi connectivity index (χ1) is 13.6. The molecule has 3 rings (SSSR count). The van der Waals surface area contributed by atoms with Crippen LogP contribution in [0.15, 0.2) is 48.5 Å². The van der Waals surface area contributed by atoms with Gasteiger partial charge in [-0.3, -0.25) is 9.59 Å². The predicted molar refractivity (Wildman–Crippen MR) is 110 cm³/mol. The molecular formula is C23H28N2O3. The third kappa shape index (κ3) is 5.27. The Hall–Kier alpha value is -2.50. The van der Waals surface area contributed by atoms with Crippen LogP contribution < -0.4 is 5.32 Å². The number of aliphatic hydroxyl groups excluding tert-OH is 1. The number of aliphatic hydroxyl groups is 1. The highest BCUT2D eigenvalue weighted by Crippen LogP contribution is 2.22. The molecule has 1 aliphatic rings. The monoisotopic (exact) mass is 380 g/mol. The van der Waals surface area contributed by atoms with E-state index in [0.717, 1.165) is 37.1 Å². The second-order valence-corrected chi connectivity index (χ2v) is 7.46. The minimum Gasteiger partial charge on any atom is -0.395 e. The molecule has 148 valence electrons. The van der Waals surface area contributed by atoms with Crippen LogP contribution in [0.2, 0.25) is 0 Å². The molecule has 1 saturated heterocycles. The molecule has 28 heavy (non-hydrogen) atoms. The van der Waals surface area contributed by atoms with Gasteiger partial charge in [-0.25, -0.2) is 0 Å². The highest BCUT2D eigenvalue weighted by molar-refractivity contribution is 5.97. The number of nitrogens with zero attached hydrogens (tertiary/aromatic N) is 1. The van der Waals surface area contributed by atoms with Crippen molar-refractivity contribution in [3.05, 3.63) is 59.7 Å². The van der Waals surface area contributed by atoms with Crippen LogP contribution in [0.4, 0.5) is 0 Å². The first kappa shape index (κ1) is 20.2. The second kappa shape index (κ2) is 9.62. The molecule has 1 aliphatic heterocycles. The van der Waals surface area contributed by atoms with E-state index in [2.05, 4.69) is 10.2 Å². The van der Waals surface area contributed by atoms with Gasteiger partial charge in [0.2, 0.25) is 0 Å². The molecule has 2 aromatic carbocycles. The van der Waals surface area contributed by atoms with Crippen molar-refractivity contribution in [2.24, 2.45) is 5.92 Å². The summed E-state index contributed by atoms with van der Waals surface area (Å²) in [6.45, 7) is 5.01. The summed E-state index contributed by atoms with van der Waals surface area (Å²) in [5, 5.41) is 12.2. The number of Topliss-reactive ketones (excluding diaryl/α,β-unsaturated/α-hetero) is 1. The van der Waals surface area contributed by atoms with E-state index >= 15 is 0 Å². The van der Waals surface area contributed by atoms with E-state index in [4.69, 9.17) is 5.11 Å². The van der Waals surface area contributed by atoms with Crippen LogP contribution in [0.1, 0.15) is 40.5 Å². The number of hydrogen-bond donors (Lipinski definition) is 2. The number of nitrogens with one attached hydrogen (secondary N) is 1. The smallest absolute Gasteiger partial charge is 0.251 e. The molecule has 0 saturated carbocycles. The van der Waals surface area contributed by atoms with Gasteiger partial charge in [-0.2, -0.15) is 0 Å². The first-order valence-electron chi connectivity index (χ1n) is 9.89. The molecule has 0 aromatic heterocycles. The largest absolute Gasteiger partial charge is 0.395 e. The molecule has 1 heterocycles. The van der Waals surface area contributed by atoms with E-state index in [1.807, 2.05) is 42.5 Å². The van der Waals surface area contributed by atoms with Crippen LogP contribution in [-0.4, -0.2) is 54.5 Å². The van der Waals surface area contributed by atoms with Gasteiger partial charge in [-0.15, -0.1) is 0 Å². The summed E-state index contributed by atoms with van der Waals surface area (Å²) in [6.07, 6.45) is 2.20. The minimum atomic E-state index is -0.0798. The highest BCUT2D eigenvalue weighted by Gasteiger charge is 2.20. The molecule has 0 radical (unpaired) electrons. The van der Waals surface area contributed by atoms with Crippen LogP contribution >= 0.6 is 0 Å². The summed E-state index contributed by atoms with van der Waals surface area (Å²) in [5.41, 5.74) is 3.13. The predicted octanol–water partition coefficient (Wildman–Crippen LogP) is 2.99. The van der Waals surface area contributed by atoms with Gasteiger partial charge in [0.05, 0.1) is 6.61 Å². The van der Waals surface area contributed by atoms with Crippen LogP contribution in [0.25, 0.3) is 11.1 Å². The van der Waals surface area contributed by atoms with E-state index in [0.29, 0.717) is 30.1 Å². The van der Waals surface area contributed by atoms with Crippen molar-refractivity contribution in [1.29, 1.82) is 0 Å². The summed E-state index contributed by atoms with van der Waals surface area (Å²) in [6, 6.07) is 15.0. The zero-order valence-corrected chi connectivity index (χ0v) is 16.4. The average Bonchev–Trinajstić information content (AvgIpc) is 2.73. The molecular weight excluding hydrogens is 352 g/mol. The Bertz CT molecular complexity index is 832. The van der Waals surface area contributed by atoms with Crippen molar-refractivity contribution in [3.63, 3.8) is 0 Å². The molecule has 0 spiro atoms. The molecule has 5 heteroatoms. The van der Waals surface area contributed by atoms with Gasteiger partial charge in [0.1, 0.15) is 0 Å². The third-order valence-electron chi connectivity index (χ3n) is 5.30. The Kier molecular flexibility index (Phi) is 6.95. The average molecular weight is 380 g/mol. The van der Waals surface area contributed by atoms with Gasteiger partial charge in [-0.1, -0.05) is 30.3 Å². The number of ketones is 1. The lowest BCUT2D eigenvalue weighted by Crippen LogP contribution is -2.41. The van der Waals surface area contributed by atoms with Gasteiger partial charge in [0.25, 0.3) is 5.91 Å². The number of β-amino-alcohol motifs (C(OH)–C–C–N with tert-alkyl or cyclic N) is 1. The third-order valence-corrected chi connectivity index (χ3v) is 5.30. The molecule has 2 N–H and O–H groups in total. The van der Waals surface area contributed by atoms with Crippen LogP contribution in [-0.2, 0) is 0 Å². The molecule has 1 fully saturated rings.